The van der Waals surface area contributed by atoms with Gasteiger partial charge < -0.3 is 20.6 Å². The highest BCUT2D eigenvalue weighted by Crippen LogP contribution is 2.45. The summed E-state index contributed by atoms with van der Waals surface area (Å²) in [6.45, 7) is 2.55. The van der Waals surface area contributed by atoms with Crippen LogP contribution in [-0.4, -0.2) is 69.0 Å². The van der Waals surface area contributed by atoms with Crippen LogP contribution >= 0.6 is 0 Å². The smallest absolute Gasteiger partial charge is 0.244 e. The number of carbonyl (C=O) groups excluding carboxylic acids is 3. The Bertz CT molecular complexity index is 1100. The molecule has 188 valence electrons. The third kappa shape index (κ3) is 4.80. The molecule has 1 aliphatic carbocycles. The van der Waals surface area contributed by atoms with Crippen LogP contribution < -0.4 is 10.6 Å². The van der Waals surface area contributed by atoms with Crippen molar-refractivity contribution in [2.75, 3.05) is 20.2 Å². The number of hydrogen-bond acceptors (Lipinski definition) is 6. The van der Waals surface area contributed by atoms with E-state index in [9.17, 15) is 19.5 Å². The summed E-state index contributed by atoms with van der Waals surface area (Å²) < 4.78 is 1.61. The molecule has 3 amide bonds. The molecule has 2 aliphatic rings. The molecule has 0 bridgehead atoms. The summed E-state index contributed by atoms with van der Waals surface area (Å²) in [4.78, 5) is 41.7. The Hall–Kier alpha value is -3.27. The van der Waals surface area contributed by atoms with Crippen molar-refractivity contribution in [3.8, 4) is 0 Å². The summed E-state index contributed by atoms with van der Waals surface area (Å²) >= 11 is 0. The number of aliphatic hydroxyl groups is 1. The number of allylic oxidation sites excluding steroid dienone is 1. The lowest BCUT2D eigenvalue weighted by molar-refractivity contribution is -0.141. The number of hydrogen-bond donors (Lipinski definition) is 3. The van der Waals surface area contributed by atoms with Crippen molar-refractivity contribution >= 4 is 28.8 Å². The van der Waals surface area contributed by atoms with E-state index in [1.165, 1.54) is 0 Å². The Morgan fingerprint density at radius 3 is 2.69 bits per heavy atom. The molecule has 2 aromatic rings. The third-order valence-corrected chi connectivity index (χ3v) is 7.18. The van der Waals surface area contributed by atoms with E-state index in [0.29, 0.717) is 19.4 Å². The monoisotopic (exact) mass is 482 g/mol. The molecule has 1 fully saturated rings. The first-order chi connectivity index (χ1) is 17.0. The van der Waals surface area contributed by atoms with Gasteiger partial charge in [0.25, 0.3) is 0 Å². The second-order valence-electron chi connectivity index (χ2n) is 9.26. The molecule has 0 unspecified atom stereocenters. The van der Waals surface area contributed by atoms with Crippen molar-refractivity contribution < 1.29 is 19.5 Å². The summed E-state index contributed by atoms with van der Waals surface area (Å²) in [5.74, 6) is -2.18. The number of benzene rings is 1. The van der Waals surface area contributed by atoms with E-state index in [1.54, 1.807) is 16.6 Å². The molecule has 35 heavy (non-hydrogen) atoms. The molecular formula is C25H34N6O4. The fourth-order valence-electron chi connectivity index (χ4n) is 5.56. The molecular weight excluding hydrogens is 448 g/mol. The molecule has 1 aromatic carbocycles. The highest BCUT2D eigenvalue weighted by atomic mass is 16.3. The van der Waals surface area contributed by atoms with Crippen LogP contribution in [0.25, 0.3) is 11.0 Å². The first kappa shape index (κ1) is 24.8. The van der Waals surface area contributed by atoms with Crippen molar-refractivity contribution in [3.05, 3.63) is 36.4 Å². The van der Waals surface area contributed by atoms with Crippen LogP contribution in [0.4, 0.5) is 0 Å². The quantitative estimate of drug-likeness (QED) is 0.343. The van der Waals surface area contributed by atoms with Crippen LogP contribution in [0.3, 0.4) is 0 Å². The van der Waals surface area contributed by atoms with E-state index in [0.717, 1.165) is 23.9 Å². The van der Waals surface area contributed by atoms with Gasteiger partial charge in [-0.15, -0.1) is 5.10 Å². The zero-order chi connectivity index (χ0) is 24.9. The van der Waals surface area contributed by atoms with Gasteiger partial charge in [-0.3, -0.25) is 14.4 Å². The van der Waals surface area contributed by atoms with Gasteiger partial charge in [0, 0.05) is 26.1 Å². The third-order valence-electron chi connectivity index (χ3n) is 7.18. The van der Waals surface area contributed by atoms with E-state index in [2.05, 4.69) is 27.9 Å². The first-order valence-corrected chi connectivity index (χ1v) is 12.4. The average Bonchev–Trinajstić information content (AvgIpc) is 3.41. The zero-order valence-electron chi connectivity index (χ0n) is 20.3. The standard InChI is InChI=1S/C25H34N6O4/c1-3-8-16-11-12-17-21(20(16)23(33)26-2)25(35)30(13-6-7-14-32)22(17)24(34)27-15-31-19-10-5-4-9-18(19)28-29-31/h4-5,9-12,16-17,20-22,32H,3,6-8,13-15H2,1-2H3,(H,26,33)(H,27,34)/t16-,17+,20-,21-,22+/m1/s1. The SMILES string of the molecule is CCC[C@@H]1C=C[C@H]2[C@@H](C(=O)N(CCCCO)[C@@H]2C(=O)NCn2nnc3ccccc32)[C@@H]1C(=O)NC. The molecule has 4 rings (SSSR count). The minimum absolute atomic E-state index is 0.0183. The van der Waals surface area contributed by atoms with Crippen molar-refractivity contribution in [2.24, 2.45) is 23.7 Å². The fraction of sp³-hybridized carbons (Fsp3) is 0.560. The van der Waals surface area contributed by atoms with Gasteiger partial charge in [-0.2, -0.15) is 0 Å². The van der Waals surface area contributed by atoms with Crippen LogP contribution in [0, 0.1) is 23.7 Å². The van der Waals surface area contributed by atoms with Gasteiger partial charge >= 0.3 is 0 Å². The highest BCUT2D eigenvalue weighted by molar-refractivity contribution is 5.96. The predicted octanol–water partition coefficient (Wildman–Crippen LogP) is 1.07. The molecule has 10 heteroatoms. The van der Waals surface area contributed by atoms with Crippen LogP contribution in [-0.2, 0) is 21.1 Å². The molecule has 3 N–H and O–H groups in total. The summed E-state index contributed by atoms with van der Waals surface area (Å²) in [5.41, 5.74) is 1.53. The van der Waals surface area contributed by atoms with Gasteiger partial charge in [-0.1, -0.05) is 42.8 Å². The maximum absolute atomic E-state index is 13.7. The minimum atomic E-state index is -0.730. The molecule has 1 saturated heterocycles. The van der Waals surface area contributed by atoms with Gasteiger partial charge in [0.15, 0.2) is 0 Å². The van der Waals surface area contributed by atoms with Gasteiger partial charge in [-0.05, 0) is 37.3 Å². The normalized spacial score (nSPS) is 25.6. The number of nitrogens with zero attached hydrogens (tertiary/aromatic N) is 4. The van der Waals surface area contributed by atoms with Crippen LogP contribution in [0.15, 0.2) is 36.4 Å². The lowest BCUT2D eigenvalue weighted by atomic mass is 9.68. The number of rotatable bonds is 10. The Morgan fingerprint density at radius 2 is 1.94 bits per heavy atom. The number of fused-ring (bicyclic) bond motifs is 2. The Kier molecular flexibility index (Phi) is 7.80. The maximum Gasteiger partial charge on any atom is 0.244 e. The van der Waals surface area contributed by atoms with Crippen LogP contribution in [0.5, 0.6) is 0 Å². The topological polar surface area (TPSA) is 129 Å². The minimum Gasteiger partial charge on any atom is -0.396 e. The molecule has 1 aliphatic heterocycles. The molecule has 0 saturated carbocycles. The Balaban J connectivity index is 1.60. The van der Waals surface area contributed by atoms with Gasteiger partial charge in [-0.25, -0.2) is 4.68 Å². The number of unbranched alkanes of at least 4 members (excludes halogenated alkanes) is 1. The highest BCUT2D eigenvalue weighted by Gasteiger charge is 2.56. The maximum atomic E-state index is 13.7. The lowest BCUT2D eigenvalue weighted by Crippen LogP contribution is -2.48. The number of aliphatic hydroxyl groups excluding tert-OH is 1. The molecule has 0 spiro atoms. The van der Waals surface area contributed by atoms with Crippen molar-refractivity contribution in [3.63, 3.8) is 0 Å². The Morgan fingerprint density at radius 1 is 1.14 bits per heavy atom. The first-order valence-electron chi connectivity index (χ1n) is 12.4. The number of para-hydroxylation sites is 1. The Labute approximate surface area is 204 Å². The fourth-order valence-corrected chi connectivity index (χ4v) is 5.56. The van der Waals surface area contributed by atoms with E-state index in [-0.39, 0.29) is 36.9 Å². The van der Waals surface area contributed by atoms with Crippen LogP contribution in [0.2, 0.25) is 0 Å². The zero-order valence-corrected chi connectivity index (χ0v) is 20.3. The second kappa shape index (κ2) is 11.0. The molecule has 0 radical (unpaired) electrons. The number of nitrogens with one attached hydrogen (secondary N) is 2. The van der Waals surface area contributed by atoms with Gasteiger partial charge in [0.1, 0.15) is 18.2 Å². The molecule has 1 aromatic heterocycles. The molecule has 5 atom stereocenters. The summed E-state index contributed by atoms with van der Waals surface area (Å²) in [6, 6.07) is 6.75. The number of likely N-dealkylation sites (tertiary alicyclic amines) is 1. The van der Waals surface area contributed by atoms with Crippen molar-refractivity contribution in [1.82, 2.24) is 30.5 Å². The average molecular weight is 483 g/mol. The second-order valence-corrected chi connectivity index (χ2v) is 9.26. The number of aromatic nitrogens is 3. The van der Waals surface area contributed by atoms with Crippen LogP contribution in [0.1, 0.15) is 32.6 Å². The number of carbonyl (C=O) groups is 3. The van der Waals surface area contributed by atoms with Gasteiger partial charge in [0.2, 0.25) is 17.7 Å². The largest absolute Gasteiger partial charge is 0.396 e. The number of amides is 3. The lowest BCUT2D eigenvalue weighted by Gasteiger charge is -2.34. The van der Waals surface area contributed by atoms with Crippen molar-refractivity contribution in [1.29, 1.82) is 0 Å². The van der Waals surface area contributed by atoms with E-state index < -0.39 is 23.8 Å². The summed E-state index contributed by atoms with van der Waals surface area (Å²) in [5, 5.41) is 23.1. The van der Waals surface area contributed by atoms with E-state index >= 15 is 0 Å². The summed E-state index contributed by atoms with van der Waals surface area (Å²) in [7, 11) is 1.59. The van der Waals surface area contributed by atoms with E-state index in [1.807, 2.05) is 36.4 Å². The van der Waals surface area contributed by atoms with Crippen molar-refractivity contribution in [2.45, 2.75) is 45.3 Å². The van der Waals surface area contributed by atoms with E-state index in [4.69, 9.17) is 0 Å². The van der Waals surface area contributed by atoms with Gasteiger partial charge in [0.05, 0.1) is 17.4 Å². The summed E-state index contributed by atoms with van der Waals surface area (Å²) in [6.07, 6.45) is 6.77. The molecule has 2 heterocycles. The molecule has 10 nitrogen and oxygen atoms in total. The predicted molar refractivity (Wildman–Crippen MR) is 130 cm³/mol.